The second-order valence-corrected chi connectivity index (χ2v) is 10.1. The molecule has 0 N–H and O–H groups in total. The second-order valence-electron chi connectivity index (χ2n) is 5.63. The molecule has 0 amide bonds. The first-order chi connectivity index (χ1) is 7.88. The Bertz CT molecular complexity index is 403. The standard InChI is InChI=1S/C13H18O3Si/c1-17(2,3)16-12-6-4-5-9-10(14)7-8-11(15)13(9)12/h4,6-9,12-13H,5H2,1-3H3/t9-,12-,13-/m0/s1. The lowest BCUT2D eigenvalue weighted by Crippen LogP contribution is -2.46. The number of carbonyl (C=O) groups is 2. The molecule has 0 saturated heterocycles. The molecule has 0 aliphatic heterocycles. The molecule has 0 aromatic carbocycles. The van der Waals surface area contributed by atoms with Gasteiger partial charge in [0.25, 0.3) is 0 Å². The van der Waals surface area contributed by atoms with Crippen molar-refractivity contribution in [1.82, 2.24) is 0 Å². The molecule has 3 nitrogen and oxygen atoms in total. The summed E-state index contributed by atoms with van der Waals surface area (Å²) in [6, 6.07) is 0. The first-order valence-electron chi connectivity index (χ1n) is 5.99. The Morgan fingerprint density at radius 2 is 1.82 bits per heavy atom. The summed E-state index contributed by atoms with van der Waals surface area (Å²) in [6.45, 7) is 6.28. The van der Waals surface area contributed by atoms with Gasteiger partial charge in [0.15, 0.2) is 19.9 Å². The fourth-order valence-electron chi connectivity index (χ4n) is 2.43. The molecule has 4 heteroatoms. The van der Waals surface area contributed by atoms with Crippen molar-refractivity contribution in [1.29, 1.82) is 0 Å². The van der Waals surface area contributed by atoms with Gasteiger partial charge < -0.3 is 4.43 Å². The second kappa shape index (κ2) is 4.35. The van der Waals surface area contributed by atoms with Crippen LogP contribution in [-0.4, -0.2) is 26.0 Å². The highest BCUT2D eigenvalue weighted by atomic mass is 28.4. The van der Waals surface area contributed by atoms with Crippen LogP contribution >= 0.6 is 0 Å². The molecule has 2 aliphatic rings. The minimum absolute atomic E-state index is 0.0298. The van der Waals surface area contributed by atoms with E-state index in [0.29, 0.717) is 6.42 Å². The van der Waals surface area contributed by atoms with E-state index in [9.17, 15) is 9.59 Å². The van der Waals surface area contributed by atoms with Gasteiger partial charge in [0.05, 0.1) is 12.0 Å². The van der Waals surface area contributed by atoms with E-state index in [0.717, 1.165) is 0 Å². The van der Waals surface area contributed by atoms with E-state index < -0.39 is 8.32 Å². The lowest BCUT2D eigenvalue weighted by molar-refractivity contribution is -0.132. The van der Waals surface area contributed by atoms with Crippen LogP contribution < -0.4 is 0 Å². The molecule has 0 unspecified atom stereocenters. The van der Waals surface area contributed by atoms with E-state index in [-0.39, 0.29) is 29.5 Å². The number of allylic oxidation sites excluding steroid dienone is 3. The third kappa shape index (κ3) is 2.64. The van der Waals surface area contributed by atoms with Crippen LogP contribution in [0.1, 0.15) is 6.42 Å². The molecule has 2 aliphatic carbocycles. The minimum Gasteiger partial charge on any atom is -0.411 e. The summed E-state index contributed by atoms with van der Waals surface area (Å²) in [6.07, 6.45) is 7.17. The summed E-state index contributed by atoms with van der Waals surface area (Å²) in [5, 5.41) is 0. The van der Waals surface area contributed by atoms with E-state index in [1.807, 2.05) is 12.2 Å². The Morgan fingerprint density at radius 3 is 2.47 bits per heavy atom. The molecule has 0 bridgehead atoms. The monoisotopic (exact) mass is 250 g/mol. The first-order valence-corrected chi connectivity index (χ1v) is 9.39. The molecular weight excluding hydrogens is 232 g/mol. The lowest BCUT2D eigenvalue weighted by Gasteiger charge is -2.36. The summed E-state index contributed by atoms with van der Waals surface area (Å²) in [4.78, 5) is 23.7. The largest absolute Gasteiger partial charge is 0.411 e. The Morgan fingerprint density at radius 1 is 1.18 bits per heavy atom. The fraction of sp³-hybridized carbons (Fsp3) is 0.538. The van der Waals surface area contributed by atoms with Crippen molar-refractivity contribution in [3.05, 3.63) is 24.3 Å². The molecule has 0 spiro atoms. The maximum Gasteiger partial charge on any atom is 0.184 e. The van der Waals surface area contributed by atoms with E-state index in [2.05, 4.69) is 19.6 Å². The average molecular weight is 250 g/mol. The Balaban J connectivity index is 2.26. The Hall–Kier alpha value is -1.00. The van der Waals surface area contributed by atoms with Crippen LogP contribution in [0.25, 0.3) is 0 Å². The molecule has 3 atom stereocenters. The van der Waals surface area contributed by atoms with Gasteiger partial charge in [-0.15, -0.1) is 0 Å². The van der Waals surface area contributed by atoms with Crippen molar-refractivity contribution in [2.45, 2.75) is 32.2 Å². The van der Waals surface area contributed by atoms with Crippen LogP contribution in [0.4, 0.5) is 0 Å². The summed E-state index contributed by atoms with van der Waals surface area (Å²) in [5.41, 5.74) is 0. The van der Waals surface area contributed by atoms with E-state index in [1.165, 1.54) is 12.2 Å². The predicted octanol–water partition coefficient (Wildman–Crippen LogP) is 2.11. The van der Waals surface area contributed by atoms with Crippen molar-refractivity contribution in [2.75, 3.05) is 0 Å². The summed E-state index contributed by atoms with van der Waals surface area (Å²) < 4.78 is 6.01. The van der Waals surface area contributed by atoms with Gasteiger partial charge in [0, 0.05) is 5.92 Å². The Labute approximate surface area is 103 Å². The topological polar surface area (TPSA) is 43.4 Å². The maximum absolute atomic E-state index is 11.9. The van der Waals surface area contributed by atoms with Crippen molar-refractivity contribution < 1.29 is 14.0 Å². The quantitative estimate of drug-likeness (QED) is 0.557. The zero-order valence-corrected chi connectivity index (χ0v) is 11.5. The number of ketones is 2. The van der Waals surface area contributed by atoms with Crippen molar-refractivity contribution in [2.24, 2.45) is 11.8 Å². The zero-order chi connectivity index (χ0) is 12.6. The zero-order valence-electron chi connectivity index (χ0n) is 10.5. The van der Waals surface area contributed by atoms with Gasteiger partial charge in [0.2, 0.25) is 0 Å². The van der Waals surface area contributed by atoms with Crippen LogP contribution in [0.5, 0.6) is 0 Å². The van der Waals surface area contributed by atoms with Crippen LogP contribution in [0.15, 0.2) is 24.3 Å². The molecule has 0 saturated carbocycles. The highest BCUT2D eigenvalue weighted by Gasteiger charge is 2.42. The van der Waals surface area contributed by atoms with E-state index in [4.69, 9.17) is 4.43 Å². The number of hydrogen-bond donors (Lipinski definition) is 0. The summed E-state index contributed by atoms with van der Waals surface area (Å²) in [7, 11) is -1.71. The fourth-order valence-corrected chi connectivity index (χ4v) is 3.47. The van der Waals surface area contributed by atoms with Gasteiger partial charge >= 0.3 is 0 Å². The lowest BCUT2D eigenvalue weighted by atomic mass is 9.73. The predicted molar refractivity (Wildman–Crippen MR) is 68.1 cm³/mol. The highest BCUT2D eigenvalue weighted by molar-refractivity contribution is 6.69. The van der Waals surface area contributed by atoms with Gasteiger partial charge in [-0.2, -0.15) is 0 Å². The molecule has 92 valence electrons. The maximum atomic E-state index is 11.9. The molecule has 0 heterocycles. The summed E-state index contributed by atoms with van der Waals surface area (Å²) in [5.74, 6) is -0.423. The van der Waals surface area contributed by atoms with Crippen LogP contribution in [0.3, 0.4) is 0 Å². The molecule has 0 fully saturated rings. The van der Waals surface area contributed by atoms with Gasteiger partial charge in [-0.3, -0.25) is 9.59 Å². The molecule has 0 aromatic heterocycles. The third-order valence-corrected chi connectivity index (χ3v) is 4.08. The third-order valence-electron chi connectivity index (χ3n) is 3.10. The minimum atomic E-state index is -1.71. The number of rotatable bonds is 2. The van der Waals surface area contributed by atoms with Crippen LogP contribution in [0, 0.1) is 11.8 Å². The Kier molecular flexibility index (Phi) is 3.18. The van der Waals surface area contributed by atoms with E-state index in [1.54, 1.807) is 0 Å². The van der Waals surface area contributed by atoms with Crippen molar-refractivity contribution in [3.63, 3.8) is 0 Å². The highest BCUT2D eigenvalue weighted by Crippen LogP contribution is 2.33. The molecule has 17 heavy (non-hydrogen) atoms. The number of fused-ring (bicyclic) bond motifs is 1. The van der Waals surface area contributed by atoms with Gasteiger partial charge in [-0.1, -0.05) is 12.2 Å². The van der Waals surface area contributed by atoms with E-state index >= 15 is 0 Å². The molecule has 2 rings (SSSR count). The van der Waals surface area contributed by atoms with Crippen molar-refractivity contribution in [3.8, 4) is 0 Å². The SMILES string of the molecule is C[Si](C)(C)O[C@H]1C=CC[C@H]2C(=O)C=CC(=O)[C@@H]12. The number of hydrogen-bond acceptors (Lipinski definition) is 3. The van der Waals surface area contributed by atoms with Crippen molar-refractivity contribution >= 4 is 19.9 Å². The smallest absolute Gasteiger partial charge is 0.184 e. The average Bonchev–Trinajstić information content (AvgIpc) is 2.21. The molecular formula is C13H18O3Si. The van der Waals surface area contributed by atoms with Crippen LogP contribution in [-0.2, 0) is 14.0 Å². The molecule has 0 radical (unpaired) electrons. The van der Waals surface area contributed by atoms with Crippen LogP contribution in [0.2, 0.25) is 19.6 Å². The summed E-state index contributed by atoms with van der Waals surface area (Å²) >= 11 is 0. The van der Waals surface area contributed by atoms with Gasteiger partial charge in [-0.05, 0) is 38.2 Å². The van der Waals surface area contributed by atoms with Gasteiger partial charge in [-0.25, -0.2) is 0 Å². The first kappa shape index (κ1) is 12.5. The number of carbonyl (C=O) groups excluding carboxylic acids is 2. The van der Waals surface area contributed by atoms with Gasteiger partial charge in [0.1, 0.15) is 0 Å². The molecule has 0 aromatic rings. The normalized spacial score (nSPS) is 32.8.